The molecule has 1 N–H and O–H groups in total. The fraction of sp³-hybridized carbons (Fsp3) is 0.611. The number of likely N-dealkylation sites (N-methyl/N-ethyl adjacent to an activating group) is 1. The van der Waals surface area contributed by atoms with E-state index in [9.17, 15) is 9.18 Å². The SMILES string of the molecule is CN(C)C1(CNC(=O)[C@H]2C[C@@H]2c2cccc(F)c2)CCCC1. The molecule has 3 nitrogen and oxygen atoms in total. The fourth-order valence-electron chi connectivity index (χ4n) is 3.79. The Morgan fingerprint density at radius 3 is 2.73 bits per heavy atom. The van der Waals surface area contributed by atoms with Crippen LogP contribution in [0.15, 0.2) is 24.3 Å². The minimum Gasteiger partial charge on any atom is -0.354 e. The van der Waals surface area contributed by atoms with Gasteiger partial charge in [0.15, 0.2) is 0 Å². The van der Waals surface area contributed by atoms with Gasteiger partial charge in [0.25, 0.3) is 0 Å². The third kappa shape index (κ3) is 3.02. The number of benzene rings is 1. The summed E-state index contributed by atoms with van der Waals surface area (Å²) >= 11 is 0. The maximum Gasteiger partial charge on any atom is 0.223 e. The van der Waals surface area contributed by atoms with E-state index in [1.165, 1.54) is 18.9 Å². The van der Waals surface area contributed by atoms with Gasteiger partial charge < -0.3 is 10.2 Å². The van der Waals surface area contributed by atoms with E-state index in [2.05, 4.69) is 24.3 Å². The zero-order valence-corrected chi connectivity index (χ0v) is 13.4. The zero-order chi connectivity index (χ0) is 15.7. The van der Waals surface area contributed by atoms with Gasteiger partial charge in [-0.15, -0.1) is 0 Å². The molecule has 0 aromatic heterocycles. The highest BCUT2D eigenvalue weighted by Crippen LogP contribution is 2.47. The Labute approximate surface area is 131 Å². The minimum atomic E-state index is -0.221. The van der Waals surface area contributed by atoms with Crippen LogP contribution in [0.5, 0.6) is 0 Å². The number of nitrogens with zero attached hydrogens (tertiary/aromatic N) is 1. The maximum absolute atomic E-state index is 13.3. The highest BCUT2D eigenvalue weighted by atomic mass is 19.1. The normalized spacial score (nSPS) is 26.2. The number of hydrogen-bond donors (Lipinski definition) is 1. The summed E-state index contributed by atoms with van der Waals surface area (Å²) in [5.41, 5.74) is 1.07. The number of carbonyl (C=O) groups is 1. The average Bonchev–Trinajstić information content (AvgIpc) is 3.15. The first-order valence-corrected chi connectivity index (χ1v) is 8.22. The lowest BCUT2D eigenvalue weighted by Crippen LogP contribution is -2.51. The molecular weight excluding hydrogens is 279 g/mol. The molecule has 4 heteroatoms. The molecular formula is C18H25FN2O. The highest BCUT2D eigenvalue weighted by Gasteiger charge is 2.45. The van der Waals surface area contributed by atoms with Gasteiger partial charge in [0.2, 0.25) is 5.91 Å². The molecule has 1 aromatic carbocycles. The van der Waals surface area contributed by atoms with E-state index in [0.717, 1.165) is 31.4 Å². The second-order valence-corrected chi connectivity index (χ2v) is 7.05. The minimum absolute atomic E-state index is 0.0161. The molecule has 3 rings (SSSR count). The van der Waals surface area contributed by atoms with Crippen LogP contribution < -0.4 is 5.32 Å². The standard InChI is InChI=1S/C18H25FN2O/c1-21(2)18(8-3-4-9-18)12-20-17(22)16-11-15(16)13-6-5-7-14(19)10-13/h5-7,10,15-16H,3-4,8-9,11-12H2,1-2H3,(H,20,22)/t15-,16+/m1/s1. The fourth-order valence-corrected chi connectivity index (χ4v) is 3.79. The molecule has 0 spiro atoms. The van der Waals surface area contributed by atoms with Crippen molar-refractivity contribution in [1.82, 2.24) is 10.2 Å². The van der Waals surface area contributed by atoms with Gasteiger partial charge in [-0.3, -0.25) is 4.79 Å². The number of carbonyl (C=O) groups excluding carboxylic acids is 1. The Hall–Kier alpha value is -1.42. The molecule has 22 heavy (non-hydrogen) atoms. The first kappa shape index (κ1) is 15.5. The Balaban J connectivity index is 1.55. The third-order valence-corrected chi connectivity index (χ3v) is 5.48. The quantitative estimate of drug-likeness (QED) is 0.907. The lowest BCUT2D eigenvalue weighted by molar-refractivity contribution is -0.123. The summed E-state index contributed by atoms with van der Waals surface area (Å²) in [6.45, 7) is 0.727. The van der Waals surface area contributed by atoms with Gasteiger partial charge in [0.05, 0.1) is 0 Å². The summed E-state index contributed by atoms with van der Waals surface area (Å²) in [5, 5.41) is 3.15. The third-order valence-electron chi connectivity index (χ3n) is 5.48. The van der Waals surface area contributed by atoms with Gasteiger partial charge in [-0.25, -0.2) is 4.39 Å². The van der Waals surface area contributed by atoms with E-state index in [1.807, 2.05) is 6.07 Å². The van der Waals surface area contributed by atoms with Gasteiger partial charge in [-0.1, -0.05) is 25.0 Å². The van der Waals surface area contributed by atoms with Crippen LogP contribution in [0.4, 0.5) is 4.39 Å². The van der Waals surface area contributed by atoms with Crippen molar-refractivity contribution in [2.75, 3.05) is 20.6 Å². The zero-order valence-electron chi connectivity index (χ0n) is 13.4. The molecule has 0 unspecified atom stereocenters. The molecule has 120 valence electrons. The van der Waals surface area contributed by atoms with Crippen molar-refractivity contribution in [1.29, 1.82) is 0 Å². The lowest BCUT2D eigenvalue weighted by atomic mass is 9.96. The summed E-state index contributed by atoms with van der Waals surface area (Å²) in [7, 11) is 4.20. The summed E-state index contributed by atoms with van der Waals surface area (Å²) in [6, 6.07) is 6.63. The number of hydrogen-bond acceptors (Lipinski definition) is 2. The molecule has 0 bridgehead atoms. The summed E-state index contributed by atoms with van der Waals surface area (Å²) < 4.78 is 13.3. The van der Waals surface area contributed by atoms with Crippen molar-refractivity contribution in [2.24, 2.45) is 5.92 Å². The lowest BCUT2D eigenvalue weighted by Gasteiger charge is -2.36. The van der Waals surface area contributed by atoms with Gasteiger partial charge >= 0.3 is 0 Å². The molecule has 2 atom stereocenters. The Morgan fingerprint density at radius 1 is 1.36 bits per heavy atom. The molecule has 2 aliphatic carbocycles. The number of halogens is 1. The van der Waals surface area contributed by atoms with Gasteiger partial charge in [0, 0.05) is 18.0 Å². The van der Waals surface area contributed by atoms with Crippen molar-refractivity contribution in [2.45, 2.75) is 43.6 Å². The maximum atomic E-state index is 13.3. The first-order chi connectivity index (χ1) is 10.5. The molecule has 0 aliphatic heterocycles. The van der Waals surface area contributed by atoms with E-state index in [4.69, 9.17) is 0 Å². The van der Waals surface area contributed by atoms with Crippen LogP contribution in [0.25, 0.3) is 0 Å². The predicted octanol–water partition coefficient (Wildman–Crippen LogP) is 2.92. The van der Waals surface area contributed by atoms with Gasteiger partial charge in [-0.05, 0) is 57.0 Å². The highest BCUT2D eigenvalue weighted by molar-refractivity contribution is 5.83. The number of amides is 1. The Morgan fingerprint density at radius 2 is 2.09 bits per heavy atom. The smallest absolute Gasteiger partial charge is 0.223 e. The van der Waals surface area contributed by atoms with Gasteiger partial charge in [0.1, 0.15) is 5.82 Å². The van der Waals surface area contributed by atoms with Crippen LogP contribution in [0.1, 0.15) is 43.6 Å². The second-order valence-electron chi connectivity index (χ2n) is 7.05. The van der Waals surface area contributed by atoms with Crippen molar-refractivity contribution in [3.8, 4) is 0 Å². The molecule has 1 aromatic rings. The van der Waals surface area contributed by atoms with Crippen molar-refractivity contribution in [3.63, 3.8) is 0 Å². The molecule has 0 saturated heterocycles. The molecule has 2 saturated carbocycles. The topological polar surface area (TPSA) is 32.3 Å². The first-order valence-electron chi connectivity index (χ1n) is 8.22. The van der Waals surface area contributed by atoms with Gasteiger partial charge in [-0.2, -0.15) is 0 Å². The summed E-state index contributed by atoms with van der Waals surface area (Å²) in [6.07, 6.45) is 5.62. The van der Waals surface area contributed by atoms with Crippen LogP contribution >= 0.6 is 0 Å². The summed E-state index contributed by atoms with van der Waals surface area (Å²) in [5.74, 6) is 0.112. The average molecular weight is 304 g/mol. The van der Waals surface area contributed by atoms with Crippen molar-refractivity contribution in [3.05, 3.63) is 35.6 Å². The largest absolute Gasteiger partial charge is 0.354 e. The van der Waals surface area contributed by atoms with Crippen LogP contribution in [-0.4, -0.2) is 37.0 Å². The molecule has 1 amide bonds. The monoisotopic (exact) mass is 304 g/mol. The summed E-state index contributed by atoms with van der Waals surface area (Å²) in [4.78, 5) is 14.6. The number of nitrogens with one attached hydrogen (secondary N) is 1. The van der Waals surface area contributed by atoms with Crippen LogP contribution in [0, 0.1) is 11.7 Å². The molecule has 2 aliphatic rings. The Kier molecular flexibility index (Phi) is 4.22. The van der Waals surface area contributed by atoms with Crippen LogP contribution in [0.2, 0.25) is 0 Å². The van der Waals surface area contributed by atoms with Crippen molar-refractivity contribution < 1.29 is 9.18 Å². The predicted molar refractivity (Wildman–Crippen MR) is 85.1 cm³/mol. The van der Waals surface area contributed by atoms with Crippen molar-refractivity contribution >= 4 is 5.91 Å². The molecule has 0 heterocycles. The number of rotatable bonds is 5. The van der Waals surface area contributed by atoms with E-state index in [0.29, 0.717) is 0 Å². The van der Waals surface area contributed by atoms with Crippen LogP contribution in [-0.2, 0) is 4.79 Å². The van der Waals surface area contributed by atoms with Crippen LogP contribution in [0.3, 0.4) is 0 Å². The van der Waals surface area contributed by atoms with E-state index in [1.54, 1.807) is 12.1 Å². The second kappa shape index (κ2) is 5.99. The Bertz CT molecular complexity index is 552. The molecule has 2 fully saturated rings. The van der Waals surface area contributed by atoms with E-state index >= 15 is 0 Å². The van der Waals surface area contributed by atoms with E-state index in [-0.39, 0.29) is 29.1 Å². The van der Waals surface area contributed by atoms with E-state index < -0.39 is 0 Å². The molecule has 0 radical (unpaired) electrons.